The summed E-state index contributed by atoms with van der Waals surface area (Å²) in [6.07, 6.45) is 4.95. The Bertz CT molecular complexity index is 233. The SMILES string of the molecule is Br.CCOC(=O)CCC(CCCCP)(OCC)OCC. The molecule has 0 aromatic rings. The van der Waals surface area contributed by atoms with Crippen molar-refractivity contribution in [3.63, 3.8) is 0 Å². The van der Waals surface area contributed by atoms with Crippen molar-refractivity contribution in [2.24, 2.45) is 0 Å². The molecule has 1 unspecified atom stereocenters. The van der Waals surface area contributed by atoms with Crippen molar-refractivity contribution in [2.75, 3.05) is 26.0 Å². The lowest BCUT2D eigenvalue weighted by Crippen LogP contribution is -2.37. The standard InChI is InChI=1S/C14H29O4P.BrH/c1-4-16-13(15)9-11-14(17-5-2,18-6-3)10-7-8-12-19;/h4-12,19H2,1-3H3;1H. The molecule has 0 aliphatic rings. The van der Waals surface area contributed by atoms with Crippen molar-refractivity contribution in [2.45, 2.75) is 58.7 Å². The second kappa shape index (κ2) is 14.2. The Morgan fingerprint density at radius 1 is 1.00 bits per heavy atom. The van der Waals surface area contributed by atoms with Crippen LogP contribution in [0.15, 0.2) is 0 Å². The summed E-state index contributed by atoms with van der Waals surface area (Å²) in [6, 6.07) is 0. The summed E-state index contributed by atoms with van der Waals surface area (Å²) in [4.78, 5) is 11.5. The molecule has 1 atom stereocenters. The zero-order valence-corrected chi connectivity index (χ0v) is 15.9. The number of ether oxygens (including phenoxy) is 3. The van der Waals surface area contributed by atoms with Crippen molar-refractivity contribution in [1.82, 2.24) is 0 Å². The van der Waals surface area contributed by atoms with Crippen LogP contribution in [0.3, 0.4) is 0 Å². The first-order valence-corrected chi connectivity index (χ1v) is 8.09. The first kappa shape index (κ1) is 22.6. The van der Waals surface area contributed by atoms with Crippen LogP contribution < -0.4 is 0 Å². The number of hydrogen-bond donors (Lipinski definition) is 0. The van der Waals surface area contributed by atoms with Crippen LogP contribution in [0.5, 0.6) is 0 Å². The lowest BCUT2D eigenvalue weighted by molar-refractivity contribution is -0.242. The first-order valence-electron chi connectivity index (χ1n) is 7.27. The summed E-state index contributed by atoms with van der Waals surface area (Å²) in [5, 5.41) is 0. The molecule has 0 bridgehead atoms. The maximum absolute atomic E-state index is 11.5. The lowest BCUT2D eigenvalue weighted by Gasteiger charge is -2.33. The third-order valence-electron chi connectivity index (χ3n) is 2.84. The molecule has 0 heterocycles. The van der Waals surface area contributed by atoms with Crippen LogP contribution >= 0.6 is 26.2 Å². The average molecular weight is 373 g/mol. The third kappa shape index (κ3) is 10.1. The fourth-order valence-electron chi connectivity index (χ4n) is 2.05. The van der Waals surface area contributed by atoms with E-state index in [1.165, 1.54) is 0 Å². The highest BCUT2D eigenvalue weighted by Gasteiger charge is 2.31. The van der Waals surface area contributed by atoms with Gasteiger partial charge >= 0.3 is 5.97 Å². The molecule has 0 amide bonds. The Hall–Kier alpha value is 0.300. The predicted octanol–water partition coefficient (Wildman–Crippen LogP) is 3.72. The van der Waals surface area contributed by atoms with Crippen molar-refractivity contribution >= 4 is 32.2 Å². The minimum Gasteiger partial charge on any atom is -0.466 e. The highest BCUT2D eigenvalue weighted by Crippen LogP contribution is 2.27. The number of rotatable bonds is 12. The Morgan fingerprint density at radius 2 is 1.60 bits per heavy atom. The monoisotopic (exact) mass is 372 g/mol. The number of carbonyl (C=O) groups excluding carboxylic acids is 1. The topological polar surface area (TPSA) is 44.8 Å². The molecule has 0 rings (SSSR count). The summed E-state index contributed by atoms with van der Waals surface area (Å²) < 4.78 is 16.6. The maximum atomic E-state index is 11.5. The minimum absolute atomic E-state index is 0. The van der Waals surface area contributed by atoms with E-state index >= 15 is 0 Å². The van der Waals surface area contributed by atoms with E-state index < -0.39 is 5.79 Å². The molecular formula is C14H30BrO4P. The fourth-order valence-corrected chi connectivity index (χ4v) is 2.33. The largest absolute Gasteiger partial charge is 0.466 e. The van der Waals surface area contributed by atoms with Gasteiger partial charge in [-0.2, -0.15) is 0 Å². The van der Waals surface area contributed by atoms with Gasteiger partial charge in [-0.05, 0) is 39.8 Å². The number of esters is 1. The fraction of sp³-hybridized carbons (Fsp3) is 0.929. The van der Waals surface area contributed by atoms with E-state index in [9.17, 15) is 4.79 Å². The van der Waals surface area contributed by atoms with Crippen LogP contribution in [0, 0.1) is 0 Å². The summed E-state index contributed by atoms with van der Waals surface area (Å²) in [6.45, 7) is 7.31. The Labute approximate surface area is 136 Å². The summed E-state index contributed by atoms with van der Waals surface area (Å²) in [5.41, 5.74) is 0. The van der Waals surface area contributed by atoms with E-state index in [-0.39, 0.29) is 23.0 Å². The highest BCUT2D eigenvalue weighted by atomic mass is 79.9. The molecule has 0 spiro atoms. The van der Waals surface area contributed by atoms with Crippen molar-refractivity contribution in [3.05, 3.63) is 0 Å². The van der Waals surface area contributed by atoms with Crippen LogP contribution in [-0.4, -0.2) is 37.7 Å². The van der Waals surface area contributed by atoms with Gasteiger partial charge < -0.3 is 14.2 Å². The molecule has 0 aliphatic carbocycles. The molecule has 122 valence electrons. The molecule has 0 saturated heterocycles. The summed E-state index contributed by atoms with van der Waals surface area (Å²) in [7, 11) is 2.73. The van der Waals surface area contributed by atoms with Crippen LogP contribution in [0.4, 0.5) is 0 Å². The van der Waals surface area contributed by atoms with E-state index in [1.807, 2.05) is 20.8 Å². The van der Waals surface area contributed by atoms with Gasteiger partial charge in [0.15, 0.2) is 5.79 Å². The first-order chi connectivity index (χ1) is 9.14. The zero-order valence-electron chi connectivity index (χ0n) is 13.0. The lowest BCUT2D eigenvalue weighted by atomic mass is 10.0. The number of carbonyl (C=O) groups is 1. The van der Waals surface area contributed by atoms with Crippen LogP contribution in [0.25, 0.3) is 0 Å². The number of hydrogen-bond acceptors (Lipinski definition) is 4. The average Bonchev–Trinajstić information content (AvgIpc) is 2.38. The molecule has 20 heavy (non-hydrogen) atoms. The molecule has 4 nitrogen and oxygen atoms in total. The quantitative estimate of drug-likeness (QED) is 0.226. The van der Waals surface area contributed by atoms with E-state index in [2.05, 4.69) is 9.24 Å². The molecule has 0 aromatic heterocycles. The molecular weight excluding hydrogens is 343 g/mol. The molecule has 0 aliphatic heterocycles. The van der Waals surface area contributed by atoms with Gasteiger partial charge in [0, 0.05) is 26.1 Å². The van der Waals surface area contributed by atoms with E-state index in [0.29, 0.717) is 32.7 Å². The van der Waals surface area contributed by atoms with E-state index in [1.54, 1.807) is 0 Å². The number of unbranched alkanes of at least 4 members (excludes halogenated alkanes) is 1. The van der Waals surface area contributed by atoms with Gasteiger partial charge in [0.1, 0.15) is 0 Å². The van der Waals surface area contributed by atoms with Gasteiger partial charge in [-0.3, -0.25) is 4.79 Å². The molecule has 0 fully saturated rings. The van der Waals surface area contributed by atoms with Gasteiger partial charge in [-0.25, -0.2) is 0 Å². The van der Waals surface area contributed by atoms with E-state index in [0.717, 1.165) is 25.4 Å². The second-order valence-electron chi connectivity index (χ2n) is 4.33. The molecule has 0 aromatic carbocycles. The Kier molecular flexibility index (Phi) is 16.1. The molecule has 0 radical (unpaired) electrons. The van der Waals surface area contributed by atoms with Crippen LogP contribution in [0.2, 0.25) is 0 Å². The smallest absolute Gasteiger partial charge is 0.305 e. The third-order valence-corrected chi connectivity index (χ3v) is 3.25. The van der Waals surface area contributed by atoms with Crippen molar-refractivity contribution < 1.29 is 19.0 Å². The Morgan fingerprint density at radius 3 is 2.05 bits per heavy atom. The maximum Gasteiger partial charge on any atom is 0.305 e. The van der Waals surface area contributed by atoms with Gasteiger partial charge in [-0.15, -0.1) is 26.2 Å². The summed E-state index contributed by atoms with van der Waals surface area (Å²) in [5.74, 6) is -0.812. The molecule has 6 heteroatoms. The zero-order chi connectivity index (χ0) is 14.6. The normalized spacial score (nSPS) is 11.0. The van der Waals surface area contributed by atoms with Crippen molar-refractivity contribution in [1.29, 1.82) is 0 Å². The van der Waals surface area contributed by atoms with Gasteiger partial charge in [-0.1, -0.05) is 0 Å². The Balaban J connectivity index is 0. The number of halogens is 1. The highest BCUT2D eigenvalue weighted by molar-refractivity contribution is 8.93. The molecule has 0 saturated carbocycles. The van der Waals surface area contributed by atoms with Gasteiger partial charge in [0.2, 0.25) is 0 Å². The van der Waals surface area contributed by atoms with Crippen molar-refractivity contribution in [3.8, 4) is 0 Å². The predicted molar refractivity (Wildman–Crippen MR) is 90.6 cm³/mol. The molecule has 0 N–H and O–H groups in total. The van der Waals surface area contributed by atoms with Gasteiger partial charge in [0.25, 0.3) is 0 Å². The van der Waals surface area contributed by atoms with Crippen LogP contribution in [0.1, 0.15) is 52.9 Å². The minimum atomic E-state index is -0.629. The second-order valence-corrected chi connectivity index (χ2v) is 4.90. The van der Waals surface area contributed by atoms with E-state index in [4.69, 9.17) is 14.2 Å². The van der Waals surface area contributed by atoms with Gasteiger partial charge in [0.05, 0.1) is 13.0 Å². The summed E-state index contributed by atoms with van der Waals surface area (Å²) >= 11 is 0. The van der Waals surface area contributed by atoms with Crippen LogP contribution in [-0.2, 0) is 19.0 Å².